The molecule has 0 radical (unpaired) electrons. The van der Waals surface area contributed by atoms with Gasteiger partial charge in [0, 0.05) is 21.9 Å². The minimum absolute atomic E-state index is 0.00284. The highest BCUT2D eigenvalue weighted by Crippen LogP contribution is 2.44. The largest absolute Gasteiger partial charge is 0.478 e. The Morgan fingerprint density at radius 1 is 1.05 bits per heavy atom. The number of nitrogens with one attached hydrogen (secondary N) is 1. The summed E-state index contributed by atoms with van der Waals surface area (Å²) in [6.45, 7) is 0. The maximum Gasteiger partial charge on any atom is 0.341 e. The van der Waals surface area contributed by atoms with Gasteiger partial charge in [-0.2, -0.15) is 0 Å². The third kappa shape index (κ3) is 4.70. The summed E-state index contributed by atoms with van der Waals surface area (Å²) in [6.07, 6.45) is 2.45. The summed E-state index contributed by atoms with van der Waals surface area (Å²) >= 11 is 2.54. The molecule has 0 bridgehead atoms. The van der Waals surface area contributed by atoms with E-state index in [0.717, 1.165) is 34.6 Å². The normalized spacial score (nSPS) is 16.4. The van der Waals surface area contributed by atoms with Crippen LogP contribution in [0.5, 0.6) is 0 Å². The Hall–Kier alpha value is -3.96. The molecule has 1 atom stereocenters. The number of aryl methyl sites for hydroxylation is 1. The Morgan fingerprint density at radius 3 is 2.45 bits per heavy atom. The van der Waals surface area contributed by atoms with E-state index < -0.39 is 23.1 Å². The maximum atomic E-state index is 13.3. The summed E-state index contributed by atoms with van der Waals surface area (Å²) in [5.41, 5.74) is 1.59. The zero-order valence-corrected chi connectivity index (χ0v) is 21.8. The molecule has 1 fully saturated rings. The van der Waals surface area contributed by atoms with Crippen molar-refractivity contribution in [2.45, 2.75) is 35.8 Å². The molecule has 3 amide bonds. The van der Waals surface area contributed by atoms with Gasteiger partial charge in [-0.15, -0.1) is 23.1 Å². The topological polar surface area (TPSA) is 130 Å². The number of thioether (sulfide) groups is 1. The van der Waals surface area contributed by atoms with Gasteiger partial charge in [-0.05, 0) is 61.2 Å². The number of amides is 3. The van der Waals surface area contributed by atoms with Crippen molar-refractivity contribution in [1.29, 1.82) is 0 Å². The van der Waals surface area contributed by atoms with Crippen molar-refractivity contribution in [2.75, 3.05) is 17.3 Å². The van der Waals surface area contributed by atoms with Gasteiger partial charge in [-0.1, -0.05) is 12.1 Å². The van der Waals surface area contributed by atoms with Gasteiger partial charge in [0.15, 0.2) is 0 Å². The molecule has 3 aromatic rings. The lowest BCUT2D eigenvalue weighted by Gasteiger charge is -2.15. The van der Waals surface area contributed by atoms with Gasteiger partial charge >= 0.3 is 11.9 Å². The van der Waals surface area contributed by atoms with E-state index in [-0.39, 0.29) is 29.4 Å². The van der Waals surface area contributed by atoms with Crippen LogP contribution in [0.1, 0.15) is 54.4 Å². The fourth-order valence-corrected chi connectivity index (χ4v) is 7.07. The van der Waals surface area contributed by atoms with Crippen LogP contribution in [0.15, 0.2) is 53.4 Å². The Morgan fingerprint density at radius 2 is 1.76 bits per heavy atom. The number of carboxylic acid groups (broad SMARTS) is 1. The summed E-state index contributed by atoms with van der Waals surface area (Å²) < 4.78 is 4.95. The molecule has 2 aliphatic rings. The van der Waals surface area contributed by atoms with E-state index >= 15 is 0 Å². The van der Waals surface area contributed by atoms with Crippen LogP contribution in [0, 0.1) is 0 Å². The lowest BCUT2D eigenvalue weighted by molar-refractivity contribution is -0.121. The van der Waals surface area contributed by atoms with Crippen LogP contribution in [0.25, 0.3) is 0 Å². The Labute approximate surface area is 225 Å². The Balaban J connectivity index is 1.29. The van der Waals surface area contributed by atoms with Crippen LogP contribution in [0.3, 0.4) is 0 Å². The molecule has 1 saturated heterocycles. The fraction of sp³-hybridized carbons (Fsp3) is 0.222. The van der Waals surface area contributed by atoms with Crippen molar-refractivity contribution in [3.8, 4) is 0 Å². The van der Waals surface area contributed by atoms with Crippen LogP contribution >= 0.6 is 23.1 Å². The van der Waals surface area contributed by atoms with Gasteiger partial charge in [0.05, 0.1) is 29.1 Å². The first-order chi connectivity index (χ1) is 18.3. The van der Waals surface area contributed by atoms with Crippen molar-refractivity contribution in [1.82, 2.24) is 0 Å². The van der Waals surface area contributed by atoms with Crippen LogP contribution in [-0.4, -0.2) is 47.1 Å². The second-order valence-electron chi connectivity index (χ2n) is 8.74. The number of thiophene rings is 1. The molecule has 1 unspecified atom stereocenters. The van der Waals surface area contributed by atoms with Crippen molar-refractivity contribution in [3.05, 3.63) is 75.7 Å². The van der Waals surface area contributed by atoms with Crippen molar-refractivity contribution >= 4 is 63.4 Å². The number of carbonyl (C=O) groups is 5. The predicted molar refractivity (Wildman–Crippen MR) is 142 cm³/mol. The average Bonchev–Trinajstić information content (AvgIpc) is 3.57. The Kier molecular flexibility index (Phi) is 7.04. The number of benzene rings is 2. The van der Waals surface area contributed by atoms with Crippen LogP contribution in [0.2, 0.25) is 0 Å². The lowest BCUT2D eigenvalue weighted by atomic mass is 10.1. The number of nitrogens with zero attached hydrogens (tertiary/aromatic N) is 1. The minimum Gasteiger partial charge on any atom is -0.478 e. The summed E-state index contributed by atoms with van der Waals surface area (Å²) in [7, 11) is 1.29. The van der Waals surface area contributed by atoms with Crippen LogP contribution in [-0.2, 0) is 27.2 Å². The number of carbonyl (C=O) groups excluding carboxylic acids is 4. The molecule has 38 heavy (non-hydrogen) atoms. The number of hydrogen-bond acceptors (Lipinski definition) is 8. The molecule has 2 aromatic carbocycles. The number of carboxylic acids is 1. The summed E-state index contributed by atoms with van der Waals surface area (Å²) in [5, 5.41) is 11.7. The first-order valence-electron chi connectivity index (χ1n) is 11.8. The first kappa shape index (κ1) is 25.7. The quantitative estimate of drug-likeness (QED) is 0.327. The second kappa shape index (κ2) is 10.4. The summed E-state index contributed by atoms with van der Waals surface area (Å²) in [6, 6.07) is 12.6. The third-order valence-electron chi connectivity index (χ3n) is 6.39. The van der Waals surface area contributed by atoms with E-state index in [0.29, 0.717) is 21.1 Å². The number of hydrogen-bond donors (Lipinski definition) is 2. The Bertz CT molecular complexity index is 1480. The average molecular weight is 551 g/mol. The third-order valence-corrected chi connectivity index (χ3v) is 8.87. The molecule has 194 valence electrons. The first-order valence-corrected chi connectivity index (χ1v) is 13.5. The van der Waals surface area contributed by atoms with Crippen molar-refractivity contribution in [3.63, 3.8) is 0 Å². The number of methoxy groups -OCH3 is 1. The smallest absolute Gasteiger partial charge is 0.341 e. The molecule has 0 saturated carbocycles. The molecular formula is C27H22N2O7S2. The molecule has 1 aliphatic carbocycles. The van der Waals surface area contributed by atoms with Gasteiger partial charge in [0.25, 0.3) is 5.91 Å². The highest BCUT2D eigenvalue weighted by Gasteiger charge is 2.44. The molecule has 2 N–H and O–H groups in total. The standard InChI is InChI=1S/C27H22N2O7S2/c1-36-27(35)22-18-7-4-8-19(18)38-25(22)29-21(30)13-20(24(29)32)37-15-11-9-14(10-12-15)28-23(31)16-5-2-3-6-17(16)26(33)34/h2-3,5-6,9-12,20H,4,7-8,13H2,1H3,(H,28,31)(H,33,34). The van der Waals surface area contributed by atoms with E-state index in [1.807, 2.05) is 0 Å². The molecule has 1 aromatic heterocycles. The van der Waals surface area contributed by atoms with Crippen molar-refractivity contribution < 1.29 is 33.8 Å². The zero-order chi connectivity index (χ0) is 27.0. The number of fused-ring (bicyclic) bond motifs is 1. The van der Waals surface area contributed by atoms with Gasteiger partial charge in [-0.25, -0.2) is 14.5 Å². The zero-order valence-electron chi connectivity index (χ0n) is 20.2. The number of rotatable bonds is 7. The number of ether oxygens (including phenoxy) is 1. The molecule has 9 nitrogen and oxygen atoms in total. The van der Waals surface area contributed by atoms with Crippen LogP contribution < -0.4 is 10.2 Å². The van der Waals surface area contributed by atoms with E-state index in [4.69, 9.17) is 4.74 Å². The monoisotopic (exact) mass is 550 g/mol. The summed E-state index contributed by atoms with van der Waals surface area (Å²) in [5.74, 6) is -3.04. The van der Waals surface area contributed by atoms with Crippen LogP contribution in [0.4, 0.5) is 10.7 Å². The van der Waals surface area contributed by atoms with Gasteiger partial charge in [0.2, 0.25) is 11.8 Å². The van der Waals surface area contributed by atoms with E-state index in [1.54, 1.807) is 36.4 Å². The molecule has 1 aliphatic heterocycles. The van der Waals surface area contributed by atoms with Gasteiger partial charge in [0.1, 0.15) is 5.00 Å². The maximum absolute atomic E-state index is 13.3. The predicted octanol–water partition coefficient (Wildman–Crippen LogP) is 4.40. The summed E-state index contributed by atoms with van der Waals surface area (Å²) in [4.78, 5) is 65.6. The number of aromatic carboxylic acids is 1. The van der Waals surface area contributed by atoms with E-state index in [1.165, 1.54) is 42.3 Å². The molecule has 2 heterocycles. The SMILES string of the molecule is COC(=O)c1c(N2C(=O)CC(Sc3ccc(NC(=O)c4ccccc4C(=O)O)cc3)C2=O)sc2c1CCC2. The number of esters is 1. The number of imide groups is 1. The van der Waals surface area contributed by atoms with Gasteiger partial charge < -0.3 is 15.2 Å². The highest BCUT2D eigenvalue weighted by atomic mass is 32.2. The highest BCUT2D eigenvalue weighted by molar-refractivity contribution is 8.00. The van der Waals surface area contributed by atoms with E-state index in [2.05, 4.69) is 5.32 Å². The second-order valence-corrected chi connectivity index (χ2v) is 11.1. The molecule has 11 heteroatoms. The van der Waals surface area contributed by atoms with Crippen molar-refractivity contribution in [2.24, 2.45) is 0 Å². The fourth-order valence-electron chi connectivity index (χ4n) is 4.62. The number of anilines is 2. The molecule has 5 rings (SSSR count). The molecule has 0 spiro atoms. The van der Waals surface area contributed by atoms with E-state index in [9.17, 15) is 29.1 Å². The molecular weight excluding hydrogens is 528 g/mol. The van der Waals surface area contributed by atoms with Gasteiger partial charge in [-0.3, -0.25) is 14.4 Å². The lowest BCUT2D eigenvalue weighted by Crippen LogP contribution is -2.31. The minimum atomic E-state index is -1.20.